The summed E-state index contributed by atoms with van der Waals surface area (Å²) < 4.78 is 5.47. The molecule has 3 nitrogen and oxygen atoms in total. The van der Waals surface area contributed by atoms with Gasteiger partial charge in [-0.25, -0.2) is 0 Å². The molecule has 0 aromatic heterocycles. The molecule has 0 spiro atoms. The first-order chi connectivity index (χ1) is 8.89. The molecule has 0 aliphatic rings. The monoisotopic (exact) mass is 265 g/mol. The Labute approximate surface area is 117 Å². The first kappa shape index (κ1) is 16.0. The highest BCUT2D eigenvalue weighted by Crippen LogP contribution is 2.25. The van der Waals surface area contributed by atoms with E-state index in [1.165, 1.54) is 5.56 Å². The highest BCUT2D eigenvalue weighted by Gasteiger charge is 2.17. The fourth-order valence-electron chi connectivity index (χ4n) is 1.97. The Balaban J connectivity index is 2.78. The summed E-state index contributed by atoms with van der Waals surface area (Å²) in [4.78, 5) is 0. The number of nitrogens with one attached hydrogen (secondary N) is 1. The number of rotatable bonds is 7. The Morgan fingerprint density at radius 1 is 1.32 bits per heavy atom. The molecule has 1 aromatic rings. The van der Waals surface area contributed by atoms with Crippen LogP contribution in [0, 0.1) is 0 Å². The first-order valence-electron chi connectivity index (χ1n) is 6.92. The van der Waals surface area contributed by atoms with Crippen molar-refractivity contribution in [2.45, 2.75) is 52.1 Å². The van der Waals surface area contributed by atoms with Gasteiger partial charge < -0.3 is 15.2 Å². The van der Waals surface area contributed by atoms with E-state index in [1.807, 2.05) is 0 Å². The zero-order valence-corrected chi connectivity index (χ0v) is 12.8. The first-order valence-corrected chi connectivity index (χ1v) is 6.92. The number of aliphatic hydroxyl groups is 1. The summed E-state index contributed by atoms with van der Waals surface area (Å²) in [5.74, 6) is 1.43. The van der Waals surface area contributed by atoms with Crippen molar-refractivity contribution in [3.63, 3.8) is 0 Å². The summed E-state index contributed by atoms with van der Waals surface area (Å²) in [6, 6.07) is 6.39. The van der Waals surface area contributed by atoms with E-state index in [0.717, 1.165) is 24.3 Å². The fourth-order valence-corrected chi connectivity index (χ4v) is 1.97. The molecular weight excluding hydrogens is 238 g/mol. The van der Waals surface area contributed by atoms with Gasteiger partial charge in [0.2, 0.25) is 0 Å². The molecular formula is C16H27NO2. The van der Waals surface area contributed by atoms with Gasteiger partial charge in [-0.1, -0.05) is 26.0 Å². The number of ether oxygens (including phenoxy) is 1. The third-order valence-electron chi connectivity index (χ3n) is 3.47. The van der Waals surface area contributed by atoms with E-state index in [0.29, 0.717) is 5.92 Å². The molecule has 2 N–H and O–H groups in total. The van der Waals surface area contributed by atoms with Crippen molar-refractivity contribution in [1.29, 1.82) is 0 Å². The van der Waals surface area contributed by atoms with Crippen LogP contribution in [0.4, 0.5) is 0 Å². The van der Waals surface area contributed by atoms with E-state index in [1.54, 1.807) is 7.11 Å². The van der Waals surface area contributed by atoms with Gasteiger partial charge >= 0.3 is 0 Å². The van der Waals surface area contributed by atoms with Crippen molar-refractivity contribution in [3.05, 3.63) is 29.3 Å². The van der Waals surface area contributed by atoms with Gasteiger partial charge in [0, 0.05) is 24.3 Å². The molecule has 0 heterocycles. The van der Waals surface area contributed by atoms with Crippen LogP contribution in [-0.4, -0.2) is 24.4 Å². The molecule has 0 atom stereocenters. The van der Waals surface area contributed by atoms with Crippen molar-refractivity contribution in [1.82, 2.24) is 5.32 Å². The lowest BCUT2D eigenvalue weighted by atomic mass is 9.98. The summed E-state index contributed by atoms with van der Waals surface area (Å²) in [6.07, 6.45) is 0.736. The lowest BCUT2D eigenvalue weighted by Gasteiger charge is -2.26. The smallest absolute Gasteiger partial charge is 0.123 e. The zero-order valence-electron chi connectivity index (χ0n) is 12.8. The van der Waals surface area contributed by atoms with Crippen molar-refractivity contribution < 1.29 is 9.84 Å². The Bertz CT molecular complexity index is 400. The van der Waals surface area contributed by atoms with Crippen LogP contribution in [0.5, 0.6) is 5.75 Å². The van der Waals surface area contributed by atoms with Crippen LogP contribution in [0.2, 0.25) is 0 Å². The van der Waals surface area contributed by atoms with Gasteiger partial charge in [-0.2, -0.15) is 0 Å². The van der Waals surface area contributed by atoms with Gasteiger partial charge in [0.05, 0.1) is 7.11 Å². The quantitative estimate of drug-likeness (QED) is 0.796. The lowest BCUT2D eigenvalue weighted by Crippen LogP contribution is -2.39. The number of benzene rings is 1. The predicted octanol–water partition coefficient (Wildman–Crippen LogP) is 3.07. The maximum absolute atomic E-state index is 9.03. The molecule has 0 aliphatic heterocycles. The van der Waals surface area contributed by atoms with Crippen molar-refractivity contribution in [2.24, 2.45) is 0 Å². The summed E-state index contributed by atoms with van der Waals surface area (Å²) >= 11 is 0. The second-order valence-electron chi connectivity index (χ2n) is 5.94. The van der Waals surface area contributed by atoms with Crippen molar-refractivity contribution in [3.8, 4) is 5.75 Å². The molecule has 108 valence electrons. The van der Waals surface area contributed by atoms with E-state index in [2.05, 4.69) is 51.2 Å². The highest BCUT2D eigenvalue weighted by molar-refractivity contribution is 5.38. The summed E-state index contributed by atoms with van der Waals surface area (Å²) in [7, 11) is 1.71. The average molecular weight is 265 g/mol. The number of aliphatic hydroxyl groups excluding tert-OH is 1. The molecule has 1 aromatic carbocycles. The van der Waals surface area contributed by atoms with Crippen LogP contribution in [0.1, 0.15) is 51.2 Å². The van der Waals surface area contributed by atoms with Gasteiger partial charge in [0.15, 0.2) is 0 Å². The largest absolute Gasteiger partial charge is 0.496 e. The molecule has 0 radical (unpaired) electrons. The molecule has 0 saturated heterocycles. The molecule has 0 saturated carbocycles. The maximum Gasteiger partial charge on any atom is 0.123 e. The number of hydrogen-bond acceptors (Lipinski definition) is 3. The summed E-state index contributed by atoms with van der Waals surface area (Å²) in [5, 5.41) is 12.5. The summed E-state index contributed by atoms with van der Waals surface area (Å²) in [5.41, 5.74) is 2.37. The highest BCUT2D eigenvalue weighted by atomic mass is 16.5. The molecule has 3 heteroatoms. The Hall–Kier alpha value is -1.06. The standard InChI is InChI=1S/C16H27NO2/c1-12(2)13-6-7-14(15(10-13)19-5)11-17-16(3,4)8-9-18/h6-7,10,12,17-18H,8-9,11H2,1-5H3. The fraction of sp³-hybridized carbons (Fsp3) is 0.625. The minimum absolute atomic E-state index is 0.0729. The Kier molecular flexibility index (Phi) is 5.83. The van der Waals surface area contributed by atoms with Crippen LogP contribution < -0.4 is 10.1 Å². The van der Waals surface area contributed by atoms with Gasteiger partial charge in [0.25, 0.3) is 0 Å². The van der Waals surface area contributed by atoms with Gasteiger partial charge in [0.1, 0.15) is 5.75 Å². The van der Waals surface area contributed by atoms with Crippen LogP contribution in [-0.2, 0) is 6.54 Å². The van der Waals surface area contributed by atoms with Crippen LogP contribution in [0.25, 0.3) is 0 Å². The molecule has 0 aliphatic carbocycles. The Morgan fingerprint density at radius 3 is 2.53 bits per heavy atom. The van der Waals surface area contributed by atoms with Gasteiger partial charge in [-0.3, -0.25) is 0 Å². The van der Waals surface area contributed by atoms with Crippen molar-refractivity contribution in [2.75, 3.05) is 13.7 Å². The molecule has 0 bridgehead atoms. The minimum Gasteiger partial charge on any atom is -0.496 e. The van der Waals surface area contributed by atoms with E-state index < -0.39 is 0 Å². The SMILES string of the molecule is COc1cc(C(C)C)ccc1CNC(C)(C)CCO. The third-order valence-corrected chi connectivity index (χ3v) is 3.47. The van der Waals surface area contributed by atoms with E-state index in [-0.39, 0.29) is 12.1 Å². The van der Waals surface area contributed by atoms with E-state index in [9.17, 15) is 0 Å². The average Bonchev–Trinajstić information content (AvgIpc) is 2.36. The minimum atomic E-state index is -0.0729. The Morgan fingerprint density at radius 2 is 2.00 bits per heavy atom. The molecule has 0 unspecified atom stereocenters. The maximum atomic E-state index is 9.03. The third kappa shape index (κ3) is 4.84. The zero-order chi connectivity index (χ0) is 14.5. The van der Waals surface area contributed by atoms with Gasteiger partial charge in [-0.05, 0) is 37.8 Å². The normalized spacial score (nSPS) is 11.9. The van der Waals surface area contributed by atoms with Crippen LogP contribution in [0.3, 0.4) is 0 Å². The van der Waals surface area contributed by atoms with Gasteiger partial charge in [-0.15, -0.1) is 0 Å². The van der Waals surface area contributed by atoms with E-state index >= 15 is 0 Å². The lowest BCUT2D eigenvalue weighted by molar-refractivity contribution is 0.229. The number of methoxy groups -OCH3 is 1. The number of hydrogen-bond donors (Lipinski definition) is 2. The van der Waals surface area contributed by atoms with E-state index in [4.69, 9.17) is 9.84 Å². The molecule has 0 amide bonds. The van der Waals surface area contributed by atoms with Crippen LogP contribution >= 0.6 is 0 Å². The predicted molar refractivity (Wildman–Crippen MR) is 79.7 cm³/mol. The molecule has 1 rings (SSSR count). The topological polar surface area (TPSA) is 41.5 Å². The second kappa shape index (κ2) is 6.92. The molecule has 19 heavy (non-hydrogen) atoms. The summed E-state index contributed by atoms with van der Waals surface area (Å²) in [6.45, 7) is 9.49. The molecule has 0 fully saturated rings. The van der Waals surface area contributed by atoms with Crippen LogP contribution in [0.15, 0.2) is 18.2 Å². The van der Waals surface area contributed by atoms with Crippen molar-refractivity contribution >= 4 is 0 Å². The second-order valence-corrected chi connectivity index (χ2v) is 5.94.